The van der Waals surface area contributed by atoms with Crippen LogP contribution < -0.4 is 10.1 Å². The first-order valence-electron chi connectivity index (χ1n) is 10.5. The Morgan fingerprint density at radius 3 is 2.48 bits per heavy atom. The first-order chi connectivity index (χ1) is 14.9. The number of hydrogen-bond donors (Lipinski definition) is 1. The minimum Gasteiger partial charge on any atom is -0.486 e. The Labute approximate surface area is 188 Å². The molecule has 0 radical (unpaired) electrons. The number of carbonyl (C=O) groups is 1. The van der Waals surface area contributed by atoms with Gasteiger partial charge in [0.05, 0.1) is 5.75 Å². The molecule has 1 amide bonds. The van der Waals surface area contributed by atoms with Gasteiger partial charge in [0.15, 0.2) is 11.0 Å². The third-order valence-corrected chi connectivity index (χ3v) is 6.12. The summed E-state index contributed by atoms with van der Waals surface area (Å²) in [5, 5.41) is 12.2. The SMILES string of the molecule is CCn1c(COc2ccc(C)c(C)c2)nnc1SCC(=O)Nc1ccc(C(C)C)cc1. The largest absolute Gasteiger partial charge is 0.486 e. The van der Waals surface area contributed by atoms with Gasteiger partial charge >= 0.3 is 0 Å². The molecule has 7 heteroatoms. The van der Waals surface area contributed by atoms with Crippen LogP contribution in [0.4, 0.5) is 5.69 Å². The average Bonchev–Trinajstić information content (AvgIpc) is 3.15. The molecule has 1 N–H and O–H groups in total. The van der Waals surface area contributed by atoms with Crippen molar-refractivity contribution in [2.24, 2.45) is 0 Å². The Balaban J connectivity index is 1.56. The van der Waals surface area contributed by atoms with Gasteiger partial charge in [0.1, 0.15) is 12.4 Å². The molecule has 1 heterocycles. The predicted octanol–water partition coefficient (Wildman–Crippen LogP) is 5.35. The van der Waals surface area contributed by atoms with E-state index in [0.29, 0.717) is 24.2 Å². The van der Waals surface area contributed by atoms with E-state index in [1.807, 2.05) is 54.0 Å². The Morgan fingerprint density at radius 2 is 1.84 bits per heavy atom. The van der Waals surface area contributed by atoms with Gasteiger partial charge < -0.3 is 14.6 Å². The highest BCUT2D eigenvalue weighted by Crippen LogP contribution is 2.21. The van der Waals surface area contributed by atoms with E-state index in [1.165, 1.54) is 28.5 Å². The monoisotopic (exact) mass is 438 g/mol. The fourth-order valence-corrected chi connectivity index (χ4v) is 3.90. The van der Waals surface area contributed by atoms with Crippen molar-refractivity contribution in [1.29, 1.82) is 0 Å². The second kappa shape index (κ2) is 10.5. The molecule has 0 unspecified atom stereocenters. The number of rotatable bonds is 9. The van der Waals surface area contributed by atoms with Crippen molar-refractivity contribution in [3.63, 3.8) is 0 Å². The normalized spacial score (nSPS) is 11.0. The summed E-state index contributed by atoms with van der Waals surface area (Å²) in [4.78, 5) is 12.4. The highest BCUT2D eigenvalue weighted by atomic mass is 32.2. The minimum absolute atomic E-state index is 0.0686. The van der Waals surface area contributed by atoms with Gasteiger partial charge in [0.25, 0.3) is 0 Å². The number of anilines is 1. The van der Waals surface area contributed by atoms with Crippen molar-refractivity contribution in [1.82, 2.24) is 14.8 Å². The van der Waals surface area contributed by atoms with Crippen molar-refractivity contribution in [2.75, 3.05) is 11.1 Å². The number of benzene rings is 2. The van der Waals surface area contributed by atoms with Gasteiger partial charge in [0.2, 0.25) is 5.91 Å². The van der Waals surface area contributed by atoms with Crippen LogP contribution in [0.15, 0.2) is 47.6 Å². The lowest BCUT2D eigenvalue weighted by molar-refractivity contribution is -0.113. The number of aryl methyl sites for hydroxylation is 2. The zero-order chi connectivity index (χ0) is 22.4. The van der Waals surface area contributed by atoms with Crippen molar-refractivity contribution < 1.29 is 9.53 Å². The molecule has 31 heavy (non-hydrogen) atoms. The average molecular weight is 439 g/mol. The highest BCUT2D eigenvalue weighted by molar-refractivity contribution is 7.99. The van der Waals surface area contributed by atoms with E-state index in [4.69, 9.17) is 4.74 Å². The van der Waals surface area contributed by atoms with Gasteiger partial charge in [-0.15, -0.1) is 10.2 Å². The lowest BCUT2D eigenvalue weighted by Crippen LogP contribution is -2.15. The number of carbonyl (C=O) groups excluding carboxylic acids is 1. The third-order valence-electron chi connectivity index (χ3n) is 5.15. The molecule has 0 spiro atoms. The standard InChI is InChI=1S/C24H30N4O2S/c1-6-28-22(14-30-21-12-7-17(4)18(5)13-21)26-27-24(28)31-15-23(29)25-20-10-8-19(9-11-20)16(2)3/h7-13,16H,6,14-15H2,1-5H3,(H,25,29). The molecule has 0 aliphatic rings. The van der Waals surface area contributed by atoms with Crippen LogP contribution in [0.1, 0.15) is 49.2 Å². The maximum atomic E-state index is 12.4. The van der Waals surface area contributed by atoms with E-state index < -0.39 is 0 Å². The molecule has 1 aromatic heterocycles. The first-order valence-corrected chi connectivity index (χ1v) is 11.5. The molecule has 0 saturated carbocycles. The van der Waals surface area contributed by atoms with Crippen molar-refractivity contribution in [3.05, 3.63) is 65.0 Å². The second-order valence-corrected chi connectivity index (χ2v) is 8.73. The van der Waals surface area contributed by atoms with Crippen LogP contribution in [0.5, 0.6) is 5.75 Å². The van der Waals surface area contributed by atoms with Gasteiger partial charge in [0, 0.05) is 12.2 Å². The van der Waals surface area contributed by atoms with Gasteiger partial charge in [-0.1, -0.05) is 43.8 Å². The lowest BCUT2D eigenvalue weighted by atomic mass is 10.0. The van der Waals surface area contributed by atoms with Crippen LogP contribution in [0.25, 0.3) is 0 Å². The summed E-state index contributed by atoms with van der Waals surface area (Å²) in [7, 11) is 0. The summed E-state index contributed by atoms with van der Waals surface area (Å²) in [5.74, 6) is 2.22. The molecule has 0 atom stereocenters. The minimum atomic E-state index is -0.0686. The number of aromatic nitrogens is 3. The second-order valence-electron chi connectivity index (χ2n) is 7.79. The summed E-state index contributed by atoms with van der Waals surface area (Å²) < 4.78 is 7.89. The van der Waals surface area contributed by atoms with Crippen molar-refractivity contribution in [3.8, 4) is 5.75 Å². The number of amides is 1. The van der Waals surface area contributed by atoms with E-state index in [2.05, 4.69) is 43.2 Å². The molecule has 0 saturated heterocycles. The Hall–Kier alpha value is -2.80. The lowest BCUT2D eigenvalue weighted by Gasteiger charge is -2.10. The first kappa shape index (κ1) is 22.9. The molecule has 0 fully saturated rings. The quantitative estimate of drug-likeness (QED) is 0.456. The van der Waals surface area contributed by atoms with Crippen LogP contribution in [0, 0.1) is 13.8 Å². The van der Waals surface area contributed by atoms with Crippen LogP contribution in [-0.4, -0.2) is 26.4 Å². The van der Waals surface area contributed by atoms with Crippen molar-refractivity contribution >= 4 is 23.4 Å². The Bertz CT molecular complexity index is 1030. The molecule has 2 aromatic carbocycles. The number of nitrogens with one attached hydrogen (secondary N) is 1. The van der Waals surface area contributed by atoms with Gasteiger partial charge in [-0.05, 0) is 67.6 Å². The van der Waals surface area contributed by atoms with E-state index >= 15 is 0 Å². The fraction of sp³-hybridized carbons (Fsp3) is 0.375. The Kier molecular flexibility index (Phi) is 7.74. The molecule has 0 aliphatic carbocycles. The predicted molar refractivity (Wildman–Crippen MR) is 126 cm³/mol. The molecule has 0 aliphatic heterocycles. The Morgan fingerprint density at radius 1 is 1.10 bits per heavy atom. The molecular formula is C24H30N4O2S. The number of ether oxygens (including phenoxy) is 1. The topological polar surface area (TPSA) is 69.0 Å². The van der Waals surface area contributed by atoms with E-state index in [9.17, 15) is 4.79 Å². The van der Waals surface area contributed by atoms with Crippen LogP contribution in [0.2, 0.25) is 0 Å². The maximum Gasteiger partial charge on any atom is 0.234 e. The molecule has 3 rings (SSSR count). The van der Waals surface area contributed by atoms with E-state index in [1.54, 1.807) is 0 Å². The highest BCUT2D eigenvalue weighted by Gasteiger charge is 2.14. The molecular weight excluding hydrogens is 408 g/mol. The maximum absolute atomic E-state index is 12.4. The smallest absolute Gasteiger partial charge is 0.234 e. The summed E-state index contributed by atoms with van der Waals surface area (Å²) in [5.41, 5.74) is 4.47. The van der Waals surface area contributed by atoms with E-state index in [-0.39, 0.29) is 11.7 Å². The number of thioether (sulfide) groups is 1. The van der Waals surface area contributed by atoms with Gasteiger partial charge in [-0.3, -0.25) is 4.79 Å². The number of hydrogen-bond acceptors (Lipinski definition) is 5. The van der Waals surface area contributed by atoms with Crippen LogP contribution in [0.3, 0.4) is 0 Å². The van der Waals surface area contributed by atoms with E-state index in [0.717, 1.165) is 17.3 Å². The van der Waals surface area contributed by atoms with Crippen LogP contribution >= 0.6 is 11.8 Å². The van der Waals surface area contributed by atoms with Gasteiger partial charge in [-0.25, -0.2) is 0 Å². The zero-order valence-electron chi connectivity index (χ0n) is 18.8. The summed E-state index contributed by atoms with van der Waals surface area (Å²) in [6.07, 6.45) is 0. The summed E-state index contributed by atoms with van der Waals surface area (Å²) >= 11 is 1.38. The summed E-state index contributed by atoms with van der Waals surface area (Å²) in [6, 6.07) is 14.0. The fourth-order valence-electron chi connectivity index (χ4n) is 3.08. The van der Waals surface area contributed by atoms with Crippen LogP contribution in [-0.2, 0) is 17.9 Å². The third kappa shape index (κ3) is 6.10. The molecule has 6 nitrogen and oxygen atoms in total. The zero-order valence-corrected chi connectivity index (χ0v) is 19.6. The molecule has 164 valence electrons. The molecule has 0 bridgehead atoms. The summed E-state index contributed by atoms with van der Waals surface area (Å²) in [6.45, 7) is 11.5. The van der Waals surface area contributed by atoms with Gasteiger partial charge in [-0.2, -0.15) is 0 Å². The van der Waals surface area contributed by atoms with Crippen molar-refractivity contribution in [2.45, 2.75) is 58.8 Å². The molecule has 3 aromatic rings. The number of nitrogens with zero attached hydrogens (tertiary/aromatic N) is 3.